The van der Waals surface area contributed by atoms with Crippen LogP contribution in [0, 0.1) is 0 Å². The van der Waals surface area contributed by atoms with Crippen LogP contribution in [-0.2, 0) is 17.4 Å². The molecule has 0 aliphatic rings. The van der Waals surface area contributed by atoms with E-state index in [1.54, 1.807) is 0 Å². The molecular weight excluding hydrogens is 249 g/mol. The van der Waals surface area contributed by atoms with E-state index in [9.17, 15) is 23.1 Å². The molecule has 18 heavy (non-hydrogen) atoms. The van der Waals surface area contributed by atoms with Gasteiger partial charge in [0.25, 0.3) is 0 Å². The average molecular weight is 262 g/mol. The number of hydrogen-bond donors (Lipinski definition) is 2. The number of hydrogen-bond acceptors (Lipinski definition) is 2. The fourth-order valence-electron chi connectivity index (χ4n) is 1.58. The van der Waals surface area contributed by atoms with Crippen molar-refractivity contribution in [1.29, 1.82) is 0 Å². The number of aliphatic carboxylic acids is 1. The minimum absolute atomic E-state index is 0.0343. The van der Waals surface area contributed by atoms with E-state index >= 15 is 0 Å². The molecule has 0 aromatic heterocycles. The molecule has 0 atom stereocenters. The minimum Gasteiger partial charge on any atom is -0.507 e. The van der Waals surface area contributed by atoms with Gasteiger partial charge in [0.1, 0.15) is 5.75 Å². The summed E-state index contributed by atoms with van der Waals surface area (Å²) in [5, 5.41) is 17.7. The van der Waals surface area contributed by atoms with Crippen LogP contribution in [0.5, 0.6) is 5.75 Å². The zero-order valence-electron chi connectivity index (χ0n) is 9.50. The SMILES string of the molecule is O=C(O)CCCCc1ccc(C(F)(F)F)c(O)c1. The lowest BCUT2D eigenvalue weighted by atomic mass is 10.0. The van der Waals surface area contributed by atoms with E-state index in [1.807, 2.05) is 0 Å². The Labute approximate surface area is 102 Å². The Morgan fingerprint density at radius 3 is 2.39 bits per heavy atom. The van der Waals surface area contributed by atoms with Crippen LogP contribution in [0.4, 0.5) is 13.2 Å². The van der Waals surface area contributed by atoms with Crippen molar-refractivity contribution in [3.05, 3.63) is 29.3 Å². The Kier molecular flexibility index (Phi) is 4.58. The predicted molar refractivity (Wildman–Crippen MR) is 58.3 cm³/mol. The first-order chi connectivity index (χ1) is 8.30. The minimum atomic E-state index is -4.56. The van der Waals surface area contributed by atoms with Crippen molar-refractivity contribution in [2.45, 2.75) is 31.9 Å². The molecule has 1 aromatic carbocycles. The second-order valence-electron chi connectivity index (χ2n) is 3.95. The number of aromatic hydroxyl groups is 1. The van der Waals surface area contributed by atoms with Crippen LogP contribution in [0.25, 0.3) is 0 Å². The summed E-state index contributed by atoms with van der Waals surface area (Å²) in [5.41, 5.74) is -0.498. The fourth-order valence-corrected chi connectivity index (χ4v) is 1.58. The molecule has 0 spiro atoms. The number of carboxylic acids is 1. The highest BCUT2D eigenvalue weighted by atomic mass is 19.4. The van der Waals surface area contributed by atoms with E-state index in [-0.39, 0.29) is 6.42 Å². The maximum absolute atomic E-state index is 12.4. The number of aryl methyl sites for hydroxylation is 1. The maximum atomic E-state index is 12.4. The van der Waals surface area contributed by atoms with Gasteiger partial charge >= 0.3 is 12.1 Å². The van der Waals surface area contributed by atoms with Gasteiger partial charge in [0.15, 0.2) is 0 Å². The smallest absolute Gasteiger partial charge is 0.419 e. The van der Waals surface area contributed by atoms with Crippen LogP contribution in [0.3, 0.4) is 0 Å². The molecule has 0 aliphatic heterocycles. The quantitative estimate of drug-likeness (QED) is 0.801. The third-order valence-electron chi connectivity index (χ3n) is 2.47. The molecule has 6 heteroatoms. The Morgan fingerprint density at radius 2 is 1.89 bits per heavy atom. The number of carboxylic acid groups (broad SMARTS) is 1. The molecule has 2 N–H and O–H groups in total. The molecule has 100 valence electrons. The summed E-state index contributed by atoms with van der Waals surface area (Å²) in [6.07, 6.45) is -3.08. The van der Waals surface area contributed by atoms with Crippen LogP contribution < -0.4 is 0 Å². The Bertz CT molecular complexity index is 427. The highest BCUT2D eigenvalue weighted by molar-refractivity contribution is 5.66. The van der Waals surface area contributed by atoms with E-state index in [1.165, 1.54) is 6.07 Å². The molecule has 0 bridgehead atoms. The molecule has 0 aliphatic carbocycles. The van der Waals surface area contributed by atoms with E-state index in [4.69, 9.17) is 5.11 Å². The van der Waals surface area contributed by atoms with Crippen molar-refractivity contribution in [1.82, 2.24) is 0 Å². The number of phenols is 1. The first kappa shape index (κ1) is 14.3. The van der Waals surface area contributed by atoms with E-state index < -0.39 is 23.5 Å². The summed E-state index contributed by atoms with van der Waals surface area (Å²) in [6, 6.07) is 3.20. The van der Waals surface area contributed by atoms with Crippen molar-refractivity contribution in [3.8, 4) is 5.75 Å². The number of benzene rings is 1. The number of carbonyl (C=O) groups is 1. The fraction of sp³-hybridized carbons (Fsp3) is 0.417. The van der Waals surface area contributed by atoms with Crippen LogP contribution >= 0.6 is 0 Å². The van der Waals surface area contributed by atoms with Gasteiger partial charge in [0.2, 0.25) is 0 Å². The number of unbranched alkanes of at least 4 members (excludes halogenated alkanes) is 1. The van der Waals surface area contributed by atoms with E-state index in [2.05, 4.69) is 0 Å². The molecule has 0 unspecified atom stereocenters. The van der Waals surface area contributed by atoms with Crippen LogP contribution in [0.1, 0.15) is 30.4 Å². The molecular formula is C12H13F3O3. The molecule has 0 saturated heterocycles. The first-order valence-corrected chi connectivity index (χ1v) is 5.41. The molecule has 1 rings (SSSR count). The van der Waals surface area contributed by atoms with Gasteiger partial charge in [-0.2, -0.15) is 13.2 Å². The van der Waals surface area contributed by atoms with Gasteiger partial charge in [0, 0.05) is 6.42 Å². The molecule has 3 nitrogen and oxygen atoms in total. The zero-order valence-corrected chi connectivity index (χ0v) is 9.50. The van der Waals surface area contributed by atoms with Crippen LogP contribution in [0.15, 0.2) is 18.2 Å². The van der Waals surface area contributed by atoms with Crippen molar-refractivity contribution < 1.29 is 28.2 Å². The molecule has 0 heterocycles. The van der Waals surface area contributed by atoms with Gasteiger partial charge in [-0.1, -0.05) is 6.07 Å². The number of rotatable bonds is 5. The van der Waals surface area contributed by atoms with E-state index in [0.29, 0.717) is 24.8 Å². The summed E-state index contributed by atoms with van der Waals surface area (Å²) in [4.78, 5) is 10.3. The second-order valence-corrected chi connectivity index (χ2v) is 3.95. The van der Waals surface area contributed by atoms with Gasteiger partial charge in [-0.05, 0) is 37.0 Å². The Balaban J connectivity index is 2.59. The summed E-state index contributed by atoms with van der Waals surface area (Å²) in [6.45, 7) is 0. The monoisotopic (exact) mass is 262 g/mol. The topological polar surface area (TPSA) is 57.5 Å². The highest BCUT2D eigenvalue weighted by Gasteiger charge is 2.33. The average Bonchev–Trinajstić information content (AvgIpc) is 2.22. The molecule has 0 fully saturated rings. The van der Waals surface area contributed by atoms with Gasteiger partial charge in [0.05, 0.1) is 5.56 Å². The lowest BCUT2D eigenvalue weighted by molar-refractivity contribution is -0.139. The predicted octanol–water partition coefficient (Wildman–Crippen LogP) is 3.21. The zero-order chi connectivity index (χ0) is 13.8. The van der Waals surface area contributed by atoms with Gasteiger partial charge in [-0.3, -0.25) is 4.79 Å². The van der Waals surface area contributed by atoms with Crippen molar-refractivity contribution in [2.75, 3.05) is 0 Å². The Morgan fingerprint density at radius 1 is 1.22 bits per heavy atom. The van der Waals surface area contributed by atoms with Crippen molar-refractivity contribution in [2.24, 2.45) is 0 Å². The molecule has 0 radical (unpaired) electrons. The Hall–Kier alpha value is -1.72. The molecule has 1 aromatic rings. The van der Waals surface area contributed by atoms with Gasteiger partial charge in [-0.25, -0.2) is 0 Å². The lowest BCUT2D eigenvalue weighted by Gasteiger charge is -2.10. The maximum Gasteiger partial charge on any atom is 0.419 e. The number of phenolic OH excluding ortho intramolecular Hbond substituents is 1. The van der Waals surface area contributed by atoms with Crippen molar-refractivity contribution >= 4 is 5.97 Å². The third-order valence-corrected chi connectivity index (χ3v) is 2.47. The molecule has 0 saturated carbocycles. The normalized spacial score (nSPS) is 11.5. The standard InChI is InChI=1S/C12H13F3O3/c13-12(14,15)9-6-5-8(7-10(9)16)3-1-2-4-11(17)18/h5-7,16H,1-4H2,(H,17,18). The van der Waals surface area contributed by atoms with Crippen molar-refractivity contribution in [3.63, 3.8) is 0 Å². The van der Waals surface area contributed by atoms with Crippen LogP contribution in [0.2, 0.25) is 0 Å². The van der Waals surface area contributed by atoms with Gasteiger partial charge < -0.3 is 10.2 Å². The van der Waals surface area contributed by atoms with Crippen LogP contribution in [-0.4, -0.2) is 16.2 Å². The summed E-state index contributed by atoms with van der Waals surface area (Å²) < 4.78 is 37.1. The van der Waals surface area contributed by atoms with Gasteiger partial charge in [-0.15, -0.1) is 0 Å². The summed E-state index contributed by atoms with van der Waals surface area (Å²) >= 11 is 0. The number of alkyl halides is 3. The largest absolute Gasteiger partial charge is 0.507 e. The molecule has 0 amide bonds. The summed E-state index contributed by atoms with van der Waals surface area (Å²) in [5.74, 6) is -1.69. The third kappa shape index (κ3) is 4.27. The first-order valence-electron chi connectivity index (χ1n) is 5.41. The summed E-state index contributed by atoms with van der Waals surface area (Å²) in [7, 11) is 0. The second kappa shape index (κ2) is 5.75. The highest BCUT2D eigenvalue weighted by Crippen LogP contribution is 2.36. The lowest BCUT2D eigenvalue weighted by Crippen LogP contribution is -2.05. The van der Waals surface area contributed by atoms with E-state index in [0.717, 1.165) is 12.1 Å². The number of halogens is 3.